The fourth-order valence-corrected chi connectivity index (χ4v) is 2.31. The van der Waals surface area contributed by atoms with Gasteiger partial charge in [0.2, 0.25) is 5.88 Å². The number of halogens is 1. The van der Waals surface area contributed by atoms with Crippen LogP contribution in [0.4, 0.5) is 0 Å². The van der Waals surface area contributed by atoms with E-state index in [1.165, 1.54) is 12.8 Å². The van der Waals surface area contributed by atoms with Gasteiger partial charge in [-0.05, 0) is 31.7 Å². The van der Waals surface area contributed by atoms with Gasteiger partial charge in [-0.1, -0.05) is 13.0 Å². The molecule has 1 aliphatic rings. The van der Waals surface area contributed by atoms with Crippen LogP contribution in [0, 0.1) is 5.92 Å². The van der Waals surface area contributed by atoms with Crippen LogP contribution >= 0.6 is 24.0 Å². The number of hydrogen-bond donors (Lipinski definition) is 1. The molecule has 1 aliphatic heterocycles. The Hall–Kier alpha value is -1.05. The van der Waals surface area contributed by atoms with Gasteiger partial charge in [-0.15, -0.1) is 24.0 Å². The molecule has 2 heterocycles. The number of hydrogen-bond acceptors (Lipinski definition) is 3. The molecule has 0 spiro atoms. The Labute approximate surface area is 144 Å². The lowest BCUT2D eigenvalue weighted by Crippen LogP contribution is -2.42. The van der Waals surface area contributed by atoms with Crippen molar-refractivity contribution in [1.29, 1.82) is 0 Å². The second-order valence-corrected chi connectivity index (χ2v) is 5.24. The van der Waals surface area contributed by atoms with E-state index < -0.39 is 0 Å². The van der Waals surface area contributed by atoms with E-state index in [1.54, 1.807) is 6.20 Å². The molecule has 21 heavy (non-hydrogen) atoms. The number of rotatable bonds is 4. The van der Waals surface area contributed by atoms with Crippen molar-refractivity contribution >= 4 is 29.9 Å². The van der Waals surface area contributed by atoms with Crippen molar-refractivity contribution in [3.63, 3.8) is 0 Å². The Morgan fingerprint density at radius 1 is 1.48 bits per heavy atom. The fraction of sp³-hybridized carbons (Fsp3) is 0.600. The van der Waals surface area contributed by atoms with Crippen molar-refractivity contribution in [2.45, 2.75) is 33.2 Å². The highest BCUT2D eigenvalue weighted by Crippen LogP contribution is 2.17. The van der Waals surface area contributed by atoms with Crippen LogP contribution in [0.25, 0.3) is 0 Å². The van der Waals surface area contributed by atoms with Gasteiger partial charge in [-0.3, -0.25) is 0 Å². The maximum Gasteiger partial charge on any atom is 0.218 e. The third kappa shape index (κ3) is 5.33. The van der Waals surface area contributed by atoms with Gasteiger partial charge in [0, 0.05) is 24.8 Å². The number of nitrogens with two attached hydrogens (primary N) is 1. The van der Waals surface area contributed by atoms with Gasteiger partial charge < -0.3 is 15.4 Å². The number of aromatic nitrogens is 1. The number of piperidine rings is 1. The van der Waals surface area contributed by atoms with Crippen molar-refractivity contribution in [2.24, 2.45) is 16.6 Å². The van der Waals surface area contributed by atoms with Crippen LogP contribution in [-0.4, -0.2) is 35.5 Å². The van der Waals surface area contributed by atoms with Gasteiger partial charge in [-0.2, -0.15) is 0 Å². The summed E-state index contributed by atoms with van der Waals surface area (Å²) in [5, 5.41) is 0. The van der Waals surface area contributed by atoms with E-state index in [9.17, 15) is 0 Å². The highest BCUT2D eigenvalue weighted by Gasteiger charge is 2.17. The number of aliphatic imine (C=N–C) groups is 1. The van der Waals surface area contributed by atoms with Crippen LogP contribution in [-0.2, 0) is 6.54 Å². The first-order chi connectivity index (χ1) is 9.70. The molecule has 0 aromatic carbocycles. The SMILES string of the molecule is CCOc1ncccc1CN=C(N)N1CCC(C)CC1.I. The third-order valence-electron chi connectivity index (χ3n) is 3.65. The molecule has 5 nitrogen and oxygen atoms in total. The zero-order valence-corrected chi connectivity index (χ0v) is 15.1. The summed E-state index contributed by atoms with van der Waals surface area (Å²) in [7, 11) is 0. The van der Waals surface area contributed by atoms with E-state index >= 15 is 0 Å². The molecule has 0 radical (unpaired) electrons. The Balaban J connectivity index is 0.00000220. The minimum absolute atomic E-state index is 0. The molecule has 0 saturated carbocycles. The second kappa shape index (κ2) is 9.07. The van der Waals surface area contributed by atoms with Crippen molar-refractivity contribution in [3.8, 4) is 5.88 Å². The fourth-order valence-electron chi connectivity index (χ4n) is 2.31. The molecule has 1 aromatic heterocycles. The topological polar surface area (TPSA) is 63.7 Å². The van der Waals surface area contributed by atoms with E-state index in [0.717, 1.165) is 24.6 Å². The number of ether oxygens (including phenoxy) is 1. The standard InChI is InChI=1S/C15H24N4O.HI/c1-3-20-14-13(5-4-8-17-14)11-18-15(16)19-9-6-12(2)7-10-19;/h4-5,8,12H,3,6-7,9-11H2,1-2H3,(H2,16,18);1H. The lowest BCUT2D eigenvalue weighted by atomic mass is 10.00. The minimum Gasteiger partial charge on any atom is -0.478 e. The molecule has 1 fully saturated rings. The summed E-state index contributed by atoms with van der Waals surface area (Å²) in [5.41, 5.74) is 7.06. The Morgan fingerprint density at radius 3 is 2.86 bits per heavy atom. The molecule has 118 valence electrons. The number of guanidine groups is 1. The molecule has 2 rings (SSSR count). The first kappa shape index (κ1) is 18.0. The van der Waals surface area contributed by atoms with Gasteiger partial charge in [0.25, 0.3) is 0 Å². The monoisotopic (exact) mass is 404 g/mol. The lowest BCUT2D eigenvalue weighted by Gasteiger charge is -2.31. The molecule has 6 heteroatoms. The molecular weight excluding hydrogens is 379 g/mol. The number of nitrogens with zero attached hydrogens (tertiary/aromatic N) is 3. The molecule has 1 aromatic rings. The predicted molar refractivity (Wildman–Crippen MR) is 96.1 cm³/mol. The summed E-state index contributed by atoms with van der Waals surface area (Å²) in [6.45, 7) is 7.36. The van der Waals surface area contributed by atoms with Crippen LogP contribution in [0.2, 0.25) is 0 Å². The zero-order chi connectivity index (χ0) is 14.4. The van der Waals surface area contributed by atoms with Gasteiger partial charge in [-0.25, -0.2) is 9.98 Å². The van der Waals surface area contributed by atoms with Gasteiger partial charge in [0.1, 0.15) is 0 Å². The summed E-state index contributed by atoms with van der Waals surface area (Å²) in [4.78, 5) is 10.9. The largest absolute Gasteiger partial charge is 0.478 e. The van der Waals surface area contributed by atoms with Crippen LogP contribution in [0.15, 0.2) is 23.3 Å². The molecule has 1 saturated heterocycles. The summed E-state index contributed by atoms with van der Waals surface area (Å²) < 4.78 is 5.49. The molecule has 0 aliphatic carbocycles. The molecule has 0 unspecified atom stereocenters. The van der Waals surface area contributed by atoms with Crippen LogP contribution in [0.5, 0.6) is 5.88 Å². The zero-order valence-electron chi connectivity index (χ0n) is 12.8. The summed E-state index contributed by atoms with van der Waals surface area (Å²) in [6.07, 6.45) is 4.11. The molecule has 2 N–H and O–H groups in total. The Morgan fingerprint density at radius 2 is 2.19 bits per heavy atom. The normalized spacial score (nSPS) is 16.5. The third-order valence-corrected chi connectivity index (χ3v) is 3.65. The number of likely N-dealkylation sites (tertiary alicyclic amines) is 1. The highest BCUT2D eigenvalue weighted by molar-refractivity contribution is 14.0. The average molecular weight is 404 g/mol. The quantitative estimate of drug-likeness (QED) is 0.476. The minimum atomic E-state index is 0. The van der Waals surface area contributed by atoms with Gasteiger partial charge in [0.15, 0.2) is 5.96 Å². The predicted octanol–water partition coefficient (Wildman–Crippen LogP) is 2.64. The van der Waals surface area contributed by atoms with Crippen molar-refractivity contribution in [1.82, 2.24) is 9.88 Å². The van der Waals surface area contributed by atoms with Crippen molar-refractivity contribution < 1.29 is 4.74 Å². The second-order valence-electron chi connectivity index (χ2n) is 5.24. The smallest absolute Gasteiger partial charge is 0.218 e. The lowest BCUT2D eigenvalue weighted by molar-refractivity contribution is 0.277. The first-order valence-electron chi connectivity index (χ1n) is 7.32. The average Bonchev–Trinajstić information content (AvgIpc) is 2.47. The summed E-state index contributed by atoms with van der Waals surface area (Å²) in [6, 6.07) is 3.87. The van der Waals surface area contributed by atoms with Crippen LogP contribution < -0.4 is 10.5 Å². The van der Waals surface area contributed by atoms with E-state index in [0.29, 0.717) is 25.0 Å². The van der Waals surface area contributed by atoms with E-state index in [2.05, 4.69) is 21.8 Å². The Kier molecular flexibility index (Phi) is 7.77. The summed E-state index contributed by atoms with van der Waals surface area (Å²) in [5.74, 6) is 2.07. The number of pyridine rings is 1. The van der Waals surface area contributed by atoms with E-state index in [-0.39, 0.29) is 24.0 Å². The molecule has 0 amide bonds. The Bertz CT molecular complexity index is 459. The van der Waals surface area contributed by atoms with Crippen LogP contribution in [0.1, 0.15) is 32.3 Å². The van der Waals surface area contributed by atoms with Gasteiger partial charge in [0.05, 0.1) is 13.2 Å². The molecular formula is C15H25IN4O. The van der Waals surface area contributed by atoms with Crippen molar-refractivity contribution in [2.75, 3.05) is 19.7 Å². The van der Waals surface area contributed by atoms with Gasteiger partial charge >= 0.3 is 0 Å². The maximum absolute atomic E-state index is 6.08. The summed E-state index contributed by atoms with van der Waals surface area (Å²) >= 11 is 0. The van der Waals surface area contributed by atoms with E-state index in [1.807, 2.05) is 19.1 Å². The molecule has 0 bridgehead atoms. The highest BCUT2D eigenvalue weighted by atomic mass is 127. The van der Waals surface area contributed by atoms with Crippen molar-refractivity contribution in [3.05, 3.63) is 23.9 Å². The van der Waals surface area contributed by atoms with Crippen LogP contribution in [0.3, 0.4) is 0 Å². The maximum atomic E-state index is 6.08. The van der Waals surface area contributed by atoms with E-state index in [4.69, 9.17) is 10.5 Å². The molecule has 0 atom stereocenters. The first-order valence-corrected chi connectivity index (χ1v) is 7.32.